The lowest BCUT2D eigenvalue weighted by molar-refractivity contribution is -0.147. The van der Waals surface area contributed by atoms with Gasteiger partial charge in [-0.25, -0.2) is 4.98 Å². The third-order valence-electron chi connectivity index (χ3n) is 9.88. The Hall–Kier alpha value is -3.68. The van der Waals surface area contributed by atoms with E-state index in [1.54, 1.807) is 0 Å². The van der Waals surface area contributed by atoms with Crippen LogP contribution < -0.4 is 9.80 Å². The highest BCUT2D eigenvalue weighted by atomic mass is 16.5. The number of methoxy groups -OCH3 is 1. The maximum Gasteiger partial charge on any atom is 0.308 e. The summed E-state index contributed by atoms with van der Waals surface area (Å²) in [5.74, 6) is 1.83. The zero-order valence-corrected chi connectivity index (χ0v) is 25.8. The molecule has 2 aromatic heterocycles. The number of ether oxygens (including phenoxy) is 1. The van der Waals surface area contributed by atoms with E-state index in [0.29, 0.717) is 30.7 Å². The normalized spacial score (nSPS) is 23.9. The lowest BCUT2D eigenvalue weighted by atomic mass is 9.78. The lowest BCUT2D eigenvalue weighted by Gasteiger charge is -2.36. The summed E-state index contributed by atoms with van der Waals surface area (Å²) in [5.41, 5.74) is 4.46. The first kappa shape index (κ1) is 29.4. The van der Waals surface area contributed by atoms with E-state index in [9.17, 15) is 9.59 Å². The Balaban J connectivity index is 1.18. The fraction of sp³-hybridized carbons (Fsp3) is 0.543. The highest BCUT2D eigenvalue weighted by Gasteiger charge is 2.35. The van der Waals surface area contributed by atoms with Crippen LogP contribution in [-0.4, -0.2) is 54.4 Å². The highest BCUT2D eigenvalue weighted by Crippen LogP contribution is 2.39. The molecule has 2 heterocycles. The van der Waals surface area contributed by atoms with Crippen molar-refractivity contribution in [1.29, 1.82) is 0 Å². The third-order valence-corrected chi connectivity index (χ3v) is 9.88. The fourth-order valence-electron chi connectivity index (χ4n) is 7.01. The topological polar surface area (TPSA) is 80.6 Å². The Kier molecular flexibility index (Phi) is 8.82. The van der Waals surface area contributed by atoms with E-state index in [4.69, 9.17) is 4.74 Å². The smallest absolute Gasteiger partial charge is 0.308 e. The Morgan fingerprint density at radius 1 is 0.884 bits per heavy atom. The van der Waals surface area contributed by atoms with Gasteiger partial charge in [-0.05, 0) is 105 Å². The maximum absolute atomic E-state index is 14.2. The molecule has 3 aliphatic rings. The van der Waals surface area contributed by atoms with Crippen molar-refractivity contribution in [3.8, 4) is 11.1 Å². The summed E-state index contributed by atoms with van der Waals surface area (Å²) in [6.07, 6.45) is 15.8. The molecule has 3 aromatic rings. The van der Waals surface area contributed by atoms with Gasteiger partial charge in [-0.2, -0.15) is 5.10 Å². The van der Waals surface area contributed by atoms with Crippen molar-refractivity contribution in [2.45, 2.75) is 76.2 Å². The number of anilines is 2. The molecule has 228 valence electrons. The quantitative estimate of drug-likeness (QED) is 0.263. The molecule has 0 N–H and O–H groups in total. The summed E-state index contributed by atoms with van der Waals surface area (Å²) in [7, 11) is 5.48. The molecule has 43 heavy (non-hydrogen) atoms. The number of aromatic nitrogens is 3. The number of carbonyl (C=O) groups is 2. The van der Waals surface area contributed by atoms with E-state index < -0.39 is 0 Å². The predicted octanol–water partition coefficient (Wildman–Crippen LogP) is 6.63. The van der Waals surface area contributed by atoms with Crippen LogP contribution in [0, 0.1) is 17.8 Å². The summed E-state index contributed by atoms with van der Waals surface area (Å²) in [5, 5.41) is 4.60. The zero-order chi connectivity index (χ0) is 29.9. The van der Waals surface area contributed by atoms with Crippen LogP contribution in [0.5, 0.6) is 0 Å². The van der Waals surface area contributed by atoms with E-state index in [1.165, 1.54) is 25.5 Å². The number of esters is 1. The molecule has 8 heteroatoms. The first-order valence-electron chi connectivity index (χ1n) is 16.1. The summed E-state index contributed by atoms with van der Waals surface area (Å²) in [6.45, 7) is 0.727. The van der Waals surface area contributed by atoms with Crippen molar-refractivity contribution in [2.24, 2.45) is 17.8 Å². The highest BCUT2D eigenvalue weighted by molar-refractivity contribution is 5.96. The van der Waals surface area contributed by atoms with E-state index >= 15 is 0 Å². The maximum atomic E-state index is 14.2. The van der Waals surface area contributed by atoms with Crippen molar-refractivity contribution in [3.63, 3.8) is 0 Å². The molecule has 3 saturated carbocycles. The minimum atomic E-state index is -0.148. The van der Waals surface area contributed by atoms with Gasteiger partial charge in [0.1, 0.15) is 5.82 Å². The van der Waals surface area contributed by atoms with Gasteiger partial charge < -0.3 is 14.5 Å². The molecule has 0 spiro atoms. The van der Waals surface area contributed by atoms with Gasteiger partial charge in [0, 0.05) is 50.2 Å². The molecule has 1 amide bonds. The van der Waals surface area contributed by atoms with Crippen molar-refractivity contribution in [3.05, 3.63) is 60.6 Å². The standard InChI is InChI=1S/C35H45N5O3/c1-38(2)33-18-15-29(20-36-33)25-9-7-24(8-10-25)22-39(34(41)26-11-13-27(14-12-26)35(42)43-3)32-6-4-5-28(19-32)30-21-37-40(23-30)31-16-17-31/h4-6,15,18-21,23-27,31H,7-14,16-17,22H2,1-3H3/t24-,25-,26-,27-. The monoisotopic (exact) mass is 583 g/mol. The molecule has 0 unspecified atom stereocenters. The molecular weight excluding hydrogens is 538 g/mol. The number of rotatable bonds is 9. The Bertz CT molecular complexity index is 1400. The van der Waals surface area contributed by atoms with E-state index in [1.807, 2.05) is 31.4 Å². The average molecular weight is 584 g/mol. The number of hydrogen-bond donors (Lipinski definition) is 0. The second-order valence-electron chi connectivity index (χ2n) is 13.1. The van der Waals surface area contributed by atoms with E-state index in [2.05, 4.69) is 62.3 Å². The van der Waals surface area contributed by atoms with Crippen LogP contribution in [0.3, 0.4) is 0 Å². The fourth-order valence-corrected chi connectivity index (χ4v) is 7.01. The number of carbonyl (C=O) groups excluding carboxylic acids is 2. The molecule has 6 rings (SSSR count). The van der Waals surface area contributed by atoms with Crippen LogP contribution in [0.1, 0.15) is 81.7 Å². The van der Waals surface area contributed by atoms with Gasteiger partial charge in [-0.1, -0.05) is 18.2 Å². The summed E-state index contributed by atoms with van der Waals surface area (Å²) in [6, 6.07) is 13.3. The van der Waals surface area contributed by atoms with Gasteiger partial charge in [0.05, 0.1) is 25.3 Å². The van der Waals surface area contributed by atoms with Crippen LogP contribution >= 0.6 is 0 Å². The first-order chi connectivity index (χ1) is 20.9. The minimum Gasteiger partial charge on any atom is -0.469 e. The van der Waals surface area contributed by atoms with Crippen molar-refractivity contribution < 1.29 is 14.3 Å². The summed E-state index contributed by atoms with van der Waals surface area (Å²) < 4.78 is 7.06. The summed E-state index contributed by atoms with van der Waals surface area (Å²) >= 11 is 0. The molecule has 0 bridgehead atoms. The number of hydrogen-bond acceptors (Lipinski definition) is 6. The average Bonchev–Trinajstić information content (AvgIpc) is 3.79. The Morgan fingerprint density at radius 2 is 1.63 bits per heavy atom. The van der Waals surface area contributed by atoms with Crippen LogP contribution in [0.25, 0.3) is 11.1 Å². The summed E-state index contributed by atoms with van der Waals surface area (Å²) in [4.78, 5) is 35.1. The number of pyridine rings is 1. The van der Waals surface area contributed by atoms with Gasteiger partial charge in [-0.3, -0.25) is 14.3 Å². The number of amides is 1. The van der Waals surface area contributed by atoms with Crippen LogP contribution in [0.2, 0.25) is 0 Å². The first-order valence-corrected chi connectivity index (χ1v) is 16.1. The van der Waals surface area contributed by atoms with Crippen molar-refractivity contribution >= 4 is 23.4 Å². The van der Waals surface area contributed by atoms with Gasteiger partial charge in [-0.15, -0.1) is 0 Å². The Labute approximate surface area is 255 Å². The van der Waals surface area contributed by atoms with Gasteiger partial charge in [0.15, 0.2) is 0 Å². The third kappa shape index (κ3) is 6.78. The van der Waals surface area contributed by atoms with E-state index in [0.717, 1.165) is 67.7 Å². The molecular formula is C35H45N5O3. The van der Waals surface area contributed by atoms with Crippen LogP contribution in [0.4, 0.5) is 11.5 Å². The molecule has 1 aromatic carbocycles. The molecule has 0 aliphatic heterocycles. The molecule has 8 nitrogen and oxygen atoms in total. The number of nitrogens with zero attached hydrogens (tertiary/aromatic N) is 5. The second kappa shape index (κ2) is 12.9. The Morgan fingerprint density at radius 3 is 2.28 bits per heavy atom. The zero-order valence-electron chi connectivity index (χ0n) is 25.8. The molecule has 3 fully saturated rings. The molecule has 0 saturated heterocycles. The van der Waals surface area contributed by atoms with Gasteiger partial charge in [0.25, 0.3) is 0 Å². The molecule has 0 atom stereocenters. The largest absolute Gasteiger partial charge is 0.469 e. The van der Waals surface area contributed by atoms with E-state index in [-0.39, 0.29) is 23.7 Å². The van der Waals surface area contributed by atoms with Crippen LogP contribution in [-0.2, 0) is 14.3 Å². The molecule has 3 aliphatic carbocycles. The SMILES string of the molecule is COC(=O)[C@H]1CC[C@H](C(=O)N(C[C@H]2CC[C@H](c3ccc(N(C)C)nc3)CC2)c2cccc(-c3cnn(C4CC4)c3)c2)CC1. The lowest BCUT2D eigenvalue weighted by Crippen LogP contribution is -2.42. The minimum absolute atomic E-state index is 0.0696. The number of benzene rings is 1. The second-order valence-corrected chi connectivity index (χ2v) is 13.1. The predicted molar refractivity (Wildman–Crippen MR) is 169 cm³/mol. The van der Waals surface area contributed by atoms with Gasteiger partial charge in [0.2, 0.25) is 5.91 Å². The van der Waals surface area contributed by atoms with Crippen molar-refractivity contribution in [1.82, 2.24) is 14.8 Å². The van der Waals surface area contributed by atoms with Crippen LogP contribution in [0.15, 0.2) is 55.0 Å². The van der Waals surface area contributed by atoms with Crippen molar-refractivity contribution in [2.75, 3.05) is 37.5 Å². The molecule has 0 radical (unpaired) electrons. The van der Waals surface area contributed by atoms with Gasteiger partial charge >= 0.3 is 5.97 Å².